The number of amides is 1. The second-order valence-electron chi connectivity index (χ2n) is 4.77. The van der Waals surface area contributed by atoms with Gasteiger partial charge in [0.25, 0.3) is 5.69 Å². The molecular weight excluding hydrogens is 272 g/mol. The highest BCUT2D eigenvalue weighted by Crippen LogP contribution is 2.27. The lowest BCUT2D eigenvalue weighted by molar-refractivity contribution is -0.384. The molecule has 0 heterocycles. The van der Waals surface area contributed by atoms with Crippen LogP contribution in [0.25, 0.3) is 0 Å². The molecule has 0 saturated heterocycles. The minimum atomic E-state index is -0.456. The van der Waals surface area contributed by atoms with E-state index >= 15 is 0 Å². The van der Waals surface area contributed by atoms with Gasteiger partial charge in [0, 0.05) is 36.6 Å². The van der Waals surface area contributed by atoms with Gasteiger partial charge in [0.2, 0.25) is 5.91 Å². The predicted molar refractivity (Wildman–Crippen MR) is 83.6 cm³/mol. The van der Waals surface area contributed by atoms with Crippen LogP contribution in [-0.2, 0) is 4.79 Å². The van der Waals surface area contributed by atoms with E-state index in [9.17, 15) is 14.9 Å². The fourth-order valence-corrected chi connectivity index (χ4v) is 2.03. The first kappa shape index (κ1) is 16.7. The van der Waals surface area contributed by atoms with Crippen molar-refractivity contribution in [3.63, 3.8) is 0 Å². The molecule has 3 N–H and O–H groups in total. The van der Waals surface area contributed by atoms with E-state index in [2.05, 4.69) is 5.32 Å². The molecule has 0 spiro atoms. The summed E-state index contributed by atoms with van der Waals surface area (Å²) >= 11 is 0. The number of primary amides is 1. The number of nitro benzene ring substituents is 1. The molecule has 0 radical (unpaired) electrons. The molecule has 7 heteroatoms. The SMILES string of the molecule is CCCCN(CC(N)=O)c1cc(NCC)cc([N+](=O)[O-])c1. The van der Waals surface area contributed by atoms with Gasteiger partial charge in [-0.25, -0.2) is 0 Å². The van der Waals surface area contributed by atoms with Crippen molar-refractivity contribution in [3.8, 4) is 0 Å². The fraction of sp³-hybridized carbons (Fsp3) is 0.500. The highest BCUT2D eigenvalue weighted by Gasteiger charge is 2.15. The molecule has 0 aliphatic rings. The molecule has 0 aliphatic heterocycles. The first-order valence-corrected chi connectivity index (χ1v) is 7.04. The number of nitrogens with two attached hydrogens (primary N) is 1. The van der Waals surface area contributed by atoms with Crippen LogP contribution in [0.1, 0.15) is 26.7 Å². The lowest BCUT2D eigenvalue weighted by Gasteiger charge is -2.23. The van der Waals surface area contributed by atoms with Crippen molar-refractivity contribution in [2.75, 3.05) is 29.9 Å². The van der Waals surface area contributed by atoms with Gasteiger partial charge in [-0.15, -0.1) is 0 Å². The first-order chi connectivity index (χ1) is 9.97. The summed E-state index contributed by atoms with van der Waals surface area (Å²) < 4.78 is 0. The quantitative estimate of drug-likeness (QED) is 0.536. The van der Waals surface area contributed by atoms with Crippen molar-refractivity contribution < 1.29 is 9.72 Å². The largest absolute Gasteiger partial charge is 0.385 e. The molecule has 0 bridgehead atoms. The maximum atomic E-state index is 11.2. The number of unbranched alkanes of at least 4 members (excludes halogenated alkanes) is 1. The van der Waals surface area contributed by atoms with E-state index in [0.29, 0.717) is 24.5 Å². The van der Waals surface area contributed by atoms with Gasteiger partial charge in [-0.05, 0) is 19.4 Å². The smallest absolute Gasteiger partial charge is 0.273 e. The molecule has 0 saturated carbocycles. The molecule has 7 nitrogen and oxygen atoms in total. The molecule has 21 heavy (non-hydrogen) atoms. The van der Waals surface area contributed by atoms with E-state index in [0.717, 1.165) is 12.8 Å². The van der Waals surface area contributed by atoms with Crippen LogP contribution in [0.15, 0.2) is 18.2 Å². The minimum absolute atomic E-state index is 0.00517. The zero-order valence-corrected chi connectivity index (χ0v) is 12.5. The zero-order chi connectivity index (χ0) is 15.8. The molecule has 0 unspecified atom stereocenters. The van der Waals surface area contributed by atoms with Crippen LogP contribution < -0.4 is 16.0 Å². The normalized spacial score (nSPS) is 10.2. The zero-order valence-electron chi connectivity index (χ0n) is 12.5. The van der Waals surface area contributed by atoms with E-state index in [-0.39, 0.29) is 12.2 Å². The van der Waals surface area contributed by atoms with Gasteiger partial charge in [-0.3, -0.25) is 14.9 Å². The van der Waals surface area contributed by atoms with Gasteiger partial charge in [0.1, 0.15) is 0 Å². The van der Waals surface area contributed by atoms with Gasteiger partial charge in [-0.2, -0.15) is 0 Å². The van der Waals surface area contributed by atoms with Crippen LogP contribution in [0.4, 0.5) is 17.1 Å². The highest BCUT2D eigenvalue weighted by molar-refractivity contribution is 5.80. The van der Waals surface area contributed by atoms with Crippen LogP contribution in [0.2, 0.25) is 0 Å². The summed E-state index contributed by atoms with van der Waals surface area (Å²) in [5, 5.41) is 14.1. The minimum Gasteiger partial charge on any atom is -0.385 e. The number of nitro groups is 1. The monoisotopic (exact) mass is 294 g/mol. The molecule has 1 aromatic carbocycles. The number of hydrogen-bond acceptors (Lipinski definition) is 5. The van der Waals surface area contributed by atoms with Crippen LogP contribution in [0.3, 0.4) is 0 Å². The van der Waals surface area contributed by atoms with Crippen LogP contribution in [0.5, 0.6) is 0 Å². The molecule has 0 atom stereocenters. The third kappa shape index (κ3) is 5.29. The van der Waals surface area contributed by atoms with E-state index in [4.69, 9.17) is 5.73 Å². The average Bonchev–Trinajstić information content (AvgIpc) is 2.43. The summed E-state index contributed by atoms with van der Waals surface area (Å²) in [4.78, 5) is 23.6. The molecule has 0 aromatic heterocycles. The highest BCUT2D eigenvalue weighted by atomic mass is 16.6. The summed E-state index contributed by atoms with van der Waals surface area (Å²) in [5.74, 6) is -0.456. The number of hydrogen-bond donors (Lipinski definition) is 2. The Morgan fingerprint density at radius 2 is 2.10 bits per heavy atom. The predicted octanol–water partition coefficient (Wildman–Crippen LogP) is 2.12. The number of rotatable bonds is 9. The van der Waals surface area contributed by atoms with Crippen LogP contribution in [-0.4, -0.2) is 30.5 Å². The van der Waals surface area contributed by atoms with Crippen LogP contribution in [0, 0.1) is 10.1 Å². The Morgan fingerprint density at radius 3 is 2.62 bits per heavy atom. The van der Waals surface area contributed by atoms with Crippen molar-refractivity contribution in [2.24, 2.45) is 5.73 Å². The lowest BCUT2D eigenvalue weighted by Crippen LogP contribution is -2.34. The third-order valence-electron chi connectivity index (χ3n) is 2.99. The standard InChI is InChI=1S/C14H22N4O3/c1-3-5-6-17(10-14(15)19)12-7-11(16-4-2)8-13(9-12)18(20)21/h7-9,16H,3-6,10H2,1-2H3,(H2,15,19). The molecule has 1 aromatic rings. The molecule has 1 rings (SSSR count). The summed E-state index contributed by atoms with van der Waals surface area (Å²) in [5.41, 5.74) is 6.55. The topological polar surface area (TPSA) is 102 Å². The third-order valence-corrected chi connectivity index (χ3v) is 2.99. The van der Waals surface area contributed by atoms with Gasteiger partial charge in [0.05, 0.1) is 11.5 Å². The summed E-state index contributed by atoms with van der Waals surface area (Å²) in [7, 11) is 0. The van der Waals surface area contributed by atoms with Crippen molar-refractivity contribution in [3.05, 3.63) is 28.3 Å². The summed E-state index contributed by atoms with van der Waals surface area (Å²) in [6, 6.07) is 4.75. The van der Waals surface area contributed by atoms with Crippen molar-refractivity contribution in [1.29, 1.82) is 0 Å². The summed E-state index contributed by atoms with van der Waals surface area (Å²) in [6.45, 7) is 5.29. The van der Waals surface area contributed by atoms with E-state index in [1.54, 1.807) is 11.0 Å². The van der Waals surface area contributed by atoms with E-state index in [1.165, 1.54) is 12.1 Å². The Labute approximate surface area is 124 Å². The van der Waals surface area contributed by atoms with Crippen molar-refractivity contribution in [2.45, 2.75) is 26.7 Å². The Hall–Kier alpha value is -2.31. The van der Waals surface area contributed by atoms with Gasteiger partial charge in [-0.1, -0.05) is 13.3 Å². The Bertz CT molecular complexity index is 505. The molecule has 0 aliphatic carbocycles. The number of non-ortho nitro benzene ring substituents is 1. The van der Waals surface area contributed by atoms with Gasteiger partial charge < -0.3 is 16.0 Å². The number of nitrogens with one attached hydrogen (secondary N) is 1. The van der Waals surface area contributed by atoms with Crippen molar-refractivity contribution in [1.82, 2.24) is 0 Å². The number of carbonyl (C=O) groups excluding carboxylic acids is 1. The number of benzene rings is 1. The summed E-state index contributed by atoms with van der Waals surface area (Å²) in [6.07, 6.45) is 1.84. The molecule has 0 fully saturated rings. The Morgan fingerprint density at radius 1 is 1.38 bits per heavy atom. The molecule has 116 valence electrons. The number of nitrogens with zero attached hydrogens (tertiary/aromatic N) is 2. The second-order valence-corrected chi connectivity index (χ2v) is 4.77. The lowest BCUT2D eigenvalue weighted by atomic mass is 10.2. The Kier molecular flexibility index (Phi) is 6.45. The van der Waals surface area contributed by atoms with Gasteiger partial charge in [0.15, 0.2) is 0 Å². The molecule has 1 amide bonds. The first-order valence-electron chi connectivity index (χ1n) is 7.04. The van der Waals surface area contributed by atoms with Gasteiger partial charge >= 0.3 is 0 Å². The maximum Gasteiger partial charge on any atom is 0.273 e. The second kappa shape index (κ2) is 8.08. The average molecular weight is 294 g/mol. The molecular formula is C14H22N4O3. The van der Waals surface area contributed by atoms with E-state index in [1.807, 2.05) is 13.8 Å². The van der Waals surface area contributed by atoms with Crippen molar-refractivity contribution >= 4 is 23.0 Å². The number of anilines is 2. The maximum absolute atomic E-state index is 11.2. The fourth-order valence-electron chi connectivity index (χ4n) is 2.03. The number of carbonyl (C=O) groups is 1. The van der Waals surface area contributed by atoms with E-state index < -0.39 is 10.8 Å². The van der Waals surface area contributed by atoms with Crippen LogP contribution >= 0.6 is 0 Å². The Balaban J connectivity index is 3.14.